The Hall–Kier alpha value is -2.64. The zero-order valence-corrected chi connectivity index (χ0v) is 14.7. The van der Waals surface area contributed by atoms with Crippen molar-refractivity contribution in [2.45, 2.75) is 51.1 Å². The summed E-state index contributed by atoms with van der Waals surface area (Å²) in [6.07, 6.45) is 5.16. The molecule has 0 bridgehead atoms. The van der Waals surface area contributed by atoms with Gasteiger partial charge >= 0.3 is 12.0 Å². The van der Waals surface area contributed by atoms with Crippen LogP contribution >= 0.6 is 0 Å². The van der Waals surface area contributed by atoms with Crippen molar-refractivity contribution >= 4 is 17.9 Å². The van der Waals surface area contributed by atoms with E-state index in [0.29, 0.717) is 0 Å². The minimum atomic E-state index is -1.31. The van der Waals surface area contributed by atoms with Gasteiger partial charge in [0, 0.05) is 6.04 Å². The number of halogens is 1. The highest BCUT2D eigenvalue weighted by Gasteiger charge is 2.23. The Kier molecular flexibility index (Phi) is 6.94. The SMILES string of the molecule is Cc1cc(C(NC(=O)CNC(=O)NC2CCCCC2)C(=O)O)ccc1F. The summed E-state index contributed by atoms with van der Waals surface area (Å²) in [6.45, 7) is 1.17. The quantitative estimate of drug-likeness (QED) is 0.618. The highest BCUT2D eigenvalue weighted by molar-refractivity contribution is 5.88. The van der Waals surface area contributed by atoms with Crippen LogP contribution in [0.25, 0.3) is 0 Å². The normalized spacial score (nSPS) is 15.8. The molecule has 26 heavy (non-hydrogen) atoms. The van der Waals surface area contributed by atoms with E-state index < -0.39 is 29.8 Å². The van der Waals surface area contributed by atoms with Crippen LogP contribution < -0.4 is 16.0 Å². The molecular formula is C18H24FN3O4. The molecule has 0 spiro atoms. The number of aliphatic carboxylic acids is 1. The summed E-state index contributed by atoms with van der Waals surface area (Å²) in [5.41, 5.74) is 0.546. The molecule has 0 aromatic heterocycles. The van der Waals surface area contributed by atoms with Gasteiger partial charge in [-0.05, 0) is 37.0 Å². The Balaban J connectivity index is 1.86. The number of carboxylic acid groups (broad SMARTS) is 1. The molecule has 1 aromatic carbocycles. The fraction of sp³-hybridized carbons (Fsp3) is 0.500. The average molecular weight is 365 g/mol. The Morgan fingerprint density at radius 3 is 2.54 bits per heavy atom. The largest absolute Gasteiger partial charge is 0.479 e. The van der Waals surface area contributed by atoms with Crippen LogP contribution in [0.4, 0.5) is 9.18 Å². The van der Waals surface area contributed by atoms with Crippen molar-refractivity contribution in [2.75, 3.05) is 6.54 Å². The van der Waals surface area contributed by atoms with Gasteiger partial charge in [-0.25, -0.2) is 14.0 Å². The van der Waals surface area contributed by atoms with Crippen LogP contribution in [-0.2, 0) is 9.59 Å². The van der Waals surface area contributed by atoms with E-state index in [2.05, 4.69) is 16.0 Å². The third-order valence-corrected chi connectivity index (χ3v) is 4.42. The number of hydrogen-bond acceptors (Lipinski definition) is 3. The molecule has 142 valence electrons. The molecule has 0 saturated heterocycles. The van der Waals surface area contributed by atoms with E-state index in [9.17, 15) is 23.9 Å². The molecule has 1 aliphatic rings. The molecule has 0 radical (unpaired) electrons. The summed E-state index contributed by atoms with van der Waals surface area (Å²) in [5, 5.41) is 16.9. The van der Waals surface area contributed by atoms with Crippen LogP contribution in [-0.4, -0.2) is 35.6 Å². The Morgan fingerprint density at radius 2 is 1.92 bits per heavy atom. The molecule has 1 aromatic rings. The summed E-state index contributed by atoms with van der Waals surface area (Å²) in [7, 11) is 0. The van der Waals surface area contributed by atoms with Crippen molar-refractivity contribution in [3.05, 3.63) is 35.1 Å². The van der Waals surface area contributed by atoms with Gasteiger partial charge in [-0.15, -0.1) is 0 Å². The molecule has 1 fully saturated rings. The number of rotatable bonds is 6. The average Bonchev–Trinajstić information content (AvgIpc) is 2.61. The first kappa shape index (κ1) is 19.7. The number of aryl methyl sites for hydroxylation is 1. The topological polar surface area (TPSA) is 108 Å². The standard InChI is InChI=1S/C18H24FN3O4/c1-11-9-12(7-8-14(11)19)16(17(24)25)22-15(23)10-20-18(26)21-13-5-3-2-4-6-13/h7-9,13,16H,2-6,10H2,1H3,(H,22,23)(H,24,25)(H2,20,21,26). The van der Waals surface area contributed by atoms with E-state index in [1.807, 2.05) is 0 Å². The molecule has 7 nitrogen and oxygen atoms in total. The van der Waals surface area contributed by atoms with Crippen LogP contribution in [0, 0.1) is 12.7 Å². The number of urea groups is 1. The smallest absolute Gasteiger partial charge is 0.330 e. The van der Waals surface area contributed by atoms with Gasteiger partial charge < -0.3 is 21.1 Å². The number of carbonyl (C=O) groups is 3. The van der Waals surface area contributed by atoms with Crippen molar-refractivity contribution in [3.8, 4) is 0 Å². The van der Waals surface area contributed by atoms with Crippen LogP contribution in [0.15, 0.2) is 18.2 Å². The van der Waals surface area contributed by atoms with E-state index in [4.69, 9.17) is 0 Å². The number of nitrogens with one attached hydrogen (secondary N) is 3. The maximum absolute atomic E-state index is 13.3. The van der Waals surface area contributed by atoms with Gasteiger partial charge in [-0.2, -0.15) is 0 Å². The molecule has 3 amide bonds. The Bertz CT molecular complexity index is 674. The second-order valence-electron chi connectivity index (χ2n) is 6.51. The van der Waals surface area contributed by atoms with Crippen LogP contribution in [0.1, 0.15) is 49.3 Å². The summed E-state index contributed by atoms with van der Waals surface area (Å²) < 4.78 is 13.3. The van der Waals surface area contributed by atoms with Crippen molar-refractivity contribution in [1.29, 1.82) is 0 Å². The highest BCUT2D eigenvalue weighted by atomic mass is 19.1. The van der Waals surface area contributed by atoms with E-state index in [1.54, 1.807) is 0 Å². The molecule has 1 saturated carbocycles. The predicted octanol–water partition coefficient (Wildman–Crippen LogP) is 2.01. The number of amides is 3. The van der Waals surface area contributed by atoms with E-state index in [1.165, 1.54) is 25.5 Å². The van der Waals surface area contributed by atoms with Crippen LogP contribution in [0.2, 0.25) is 0 Å². The van der Waals surface area contributed by atoms with Crippen LogP contribution in [0.3, 0.4) is 0 Å². The molecule has 2 rings (SSSR count). The summed E-state index contributed by atoms with van der Waals surface area (Å²) in [5.74, 6) is -2.36. The minimum Gasteiger partial charge on any atom is -0.479 e. The monoisotopic (exact) mass is 365 g/mol. The predicted molar refractivity (Wildman–Crippen MR) is 93.1 cm³/mol. The summed E-state index contributed by atoms with van der Waals surface area (Å²) in [6, 6.07) is 2.19. The first-order chi connectivity index (χ1) is 12.4. The fourth-order valence-electron chi connectivity index (χ4n) is 2.99. The second kappa shape index (κ2) is 9.17. The van der Waals surface area contributed by atoms with Gasteiger partial charge in [0.05, 0.1) is 6.54 Å². The highest BCUT2D eigenvalue weighted by Crippen LogP contribution is 2.18. The van der Waals surface area contributed by atoms with Crippen molar-refractivity contribution in [1.82, 2.24) is 16.0 Å². The Morgan fingerprint density at radius 1 is 1.23 bits per heavy atom. The lowest BCUT2D eigenvalue weighted by atomic mass is 9.96. The number of benzene rings is 1. The molecule has 0 heterocycles. The molecule has 1 atom stereocenters. The molecule has 4 N–H and O–H groups in total. The molecule has 1 unspecified atom stereocenters. The minimum absolute atomic E-state index is 0.112. The van der Waals surface area contributed by atoms with Crippen LogP contribution in [0.5, 0.6) is 0 Å². The number of hydrogen-bond donors (Lipinski definition) is 4. The van der Waals surface area contributed by atoms with E-state index >= 15 is 0 Å². The Labute approximate surface area is 151 Å². The molecule has 8 heteroatoms. The summed E-state index contributed by atoms with van der Waals surface area (Å²) in [4.78, 5) is 35.2. The van der Waals surface area contributed by atoms with Gasteiger partial charge in [0.2, 0.25) is 5.91 Å². The maximum atomic E-state index is 13.3. The van der Waals surface area contributed by atoms with Crippen molar-refractivity contribution < 1.29 is 23.9 Å². The van der Waals surface area contributed by atoms with Gasteiger partial charge in [0.25, 0.3) is 0 Å². The summed E-state index contributed by atoms with van der Waals surface area (Å²) >= 11 is 0. The number of carboxylic acids is 1. The zero-order chi connectivity index (χ0) is 19.1. The van der Waals surface area contributed by atoms with Gasteiger partial charge in [0.15, 0.2) is 6.04 Å². The lowest BCUT2D eigenvalue weighted by Gasteiger charge is -2.23. The fourth-order valence-corrected chi connectivity index (χ4v) is 2.99. The van der Waals surface area contributed by atoms with Crippen molar-refractivity contribution in [3.63, 3.8) is 0 Å². The molecule has 1 aliphatic carbocycles. The second-order valence-corrected chi connectivity index (χ2v) is 6.51. The van der Waals surface area contributed by atoms with Crippen molar-refractivity contribution in [2.24, 2.45) is 0 Å². The first-order valence-corrected chi connectivity index (χ1v) is 8.69. The van der Waals surface area contributed by atoms with E-state index in [-0.39, 0.29) is 23.7 Å². The molecule has 0 aliphatic heterocycles. The van der Waals surface area contributed by atoms with E-state index in [0.717, 1.165) is 31.7 Å². The van der Waals surface area contributed by atoms with Gasteiger partial charge in [0.1, 0.15) is 5.82 Å². The van der Waals surface area contributed by atoms with Gasteiger partial charge in [-0.1, -0.05) is 31.4 Å². The van der Waals surface area contributed by atoms with Gasteiger partial charge in [-0.3, -0.25) is 4.79 Å². The number of carbonyl (C=O) groups excluding carboxylic acids is 2. The molecular weight excluding hydrogens is 341 g/mol. The zero-order valence-electron chi connectivity index (χ0n) is 14.7. The third-order valence-electron chi connectivity index (χ3n) is 4.42. The third kappa shape index (κ3) is 5.72. The first-order valence-electron chi connectivity index (χ1n) is 8.69. The maximum Gasteiger partial charge on any atom is 0.330 e. The lowest BCUT2D eigenvalue weighted by molar-refractivity contribution is -0.141. The lowest BCUT2D eigenvalue weighted by Crippen LogP contribution is -2.47.